The molecule has 1 aliphatic heterocycles. The molecule has 2 rings (SSSR count). The van der Waals surface area contributed by atoms with Crippen LogP contribution in [0, 0.1) is 0 Å². The Morgan fingerprint density at radius 2 is 2.00 bits per heavy atom. The van der Waals surface area contributed by atoms with Crippen molar-refractivity contribution in [1.82, 2.24) is 9.88 Å². The molecule has 0 saturated carbocycles. The molecule has 100 valence electrons. The quantitative estimate of drug-likeness (QED) is 0.840. The van der Waals surface area contributed by atoms with E-state index in [2.05, 4.69) is 23.7 Å². The maximum atomic E-state index is 12.5. The second-order valence-electron chi connectivity index (χ2n) is 5.53. The molecule has 0 N–H and O–H groups in total. The van der Waals surface area contributed by atoms with Gasteiger partial charge in [-0.3, -0.25) is 14.7 Å². The second-order valence-corrected chi connectivity index (χ2v) is 6.50. The predicted molar refractivity (Wildman–Crippen MR) is 74.9 cm³/mol. The molecule has 0 aliphatic carbocycles. The van der Waals surface area contributed by atoms with Crippen molar-refractivity contribution in [3.05, 3.63) is 16.6 Å². The fourth-order valence-corrected chi connectivity index (χ4v) is 3.10. The Labute approximate surface area is 113 Å². The van der Waals surface area contributed by atoms with Gasteiger partial charge < -0.3 is 0 Å². The van der Waals surface area contributed by atoms with Crippen molar-refractivity contribution in [3.63, 3.8) is 0 Å². The van der Waals surface area contributed by atoms with Crippen LogP contribution in [-0.2, 0) is 11.2 Å². The molecule has 1 aromatic rings. The van der Waals surface area contributed by atoms with Gasteiger partial charge in [0.05, 0.1) is 11.0 Å². The van der Waals surface area contributed by atoms with Crippen molar-refractivity contribution < 1.29 is 4.79 Å². The molecule has 0 unspecified atom stereocenters. The molecule has 3 nitrogen and oxygen atoms in total. The minimum absolute atomic E-state index is 0.314. The first-order chi connectivity index (χ1) is 8.60. The van der Waals surface area contributed by atoms with Gasteiger partial charge >= 0.3 is 0 Å². The Balaban J connectivity index is 2.01. The van der Waals surface area contributed by atoms with Crippen LogP contribution in [0.4, 0.5) is 0 Å². The Kier molecular flexibility index (Phi) is 4.51. The molecule has 0 amide bonds. The zero-order valence-corrected chi connectivity index (χ0v) is 12.1. The van der Waals surface area contributed by atoms with Crippen molar-refractivity contribution in [3.8, 4) is 0 Å². The Morgan fingerprint density at radius 1 is 1.33 bits per heavy atom. The number of aromatic nitrogens is 1. The number of likely N-dealkylation sites (tertiary alicyclic amines) is 1. The van der Waals surface area contributed by atoms with Gasteiger partial charge in [0.2, 0.25) is 0 Å². The van der Waals surface area contributed by atoms with Crippen molar-refractivity contribution in [2.75, 3.05) is 13.1 Å². The van der Waals surface area contributed by atoms with Gasteiger partial charge in [0.1, 0.15) is 0 Å². The van der Waals surface area contributed by atoms with Crippen molar-refractivity contribution >= 4 is 17.1 Å². The van der Waals surface area contributed by atoms with Crippen LogP contribution in [0.3, 0.4) is 0 Å². The smallest absolute Gasteiger partial charge is 0.157 e. The minimum atomic E-state index is -0.339. The molecule has 0 radical (unpaired) electrons. The predicted octanol–water partition coefficient (Wildman–Crippen LogP) is 2.91. The third-order valence-corrected chi connectivity index (χ3v) is 4.68. The number of nitrogens with zero attached hydrogens (tertiary/aromatic N) is 2. The van der Waals surface area contributed by atoms with Crippen LogP contribution < -0.4 is 0 Å². The summed E-state index contributed by atoms with van der Waals surface area (Å²) in [4.78, 5) is 20.0. The lowest BCUT2D eigenvalue weighted by Gasteiger charge is -2.36. The van der Waals surface area contributed by atoms with E-state index in [-0.39, 0.29) is 5.54 Å². The molecule has 0 spiro atoms. The number of hydrogen-bond acceptors (Lipinski definition) is 4. The lowest BCUT2D eigenvalue weighted by atomic mass is 9.93. The highest BCUT2D eigenvalue weighted by Crippen LogP contribution is 2.23. The maximum Gasteiger partial charge on any atom is 0.157 e. The molecular formula is C14H22N2OS. The first-order valence-electron chi connectivity index (χ1n) is 6.76. The number of hydrogen-bond donors (Lipinski definition) is 0. The number of Topliss-reactive ketones (excluding diaryl/α,β-unsaturated/α-hetero) is 1. The van der Waals surface area contributed by atoms with E-state index in [0.29, 0.717) is 12.2 Å². The van der Waals surface area contributed by atoms with E-state index in [1.165, 1.54) is 25.7 Å². The largest absolute Gasteiger partial charge is 0.297 e. The minimum Gasteiger partial charge on any atom is -0.297 e. The first kappa shape index (κ1) is 13.7. The van der Waals surface area contributed by atoms with Crippen LogP contribution in [0.25, 0.3) is 0 Å². The zero-order chi connectivity index (χ0) is 13.0. The van der Waals surface area contributed by atoms with Crippen LogP contribution in [0.2, 0.25) is 0 Å². The summed E-state index contributed by atoms with van der Waals surface area (Å²) in [7, 11) is 0. The average molecular weight is 266 g/mol. The van der Waals surface area contributed by atoms with Crippen LogP contribution in [0.1, 0.15) is 44.4 Å². The van der Waals surface area contributed by atoms with Crippen molar-refractivity contribution in [1.29, 1.82) is 0 Å². The zero-order valence-electron chi connectivity index (χ0n) is 11.3. The highest BCUT2D eigenvalue weighted by atomic mass is 32.1. The molecule has 1 saturated heterocycles. The van der Waals surface area contributed by atoms with Gasteiger partial charge in [-0.15, -0.1) is 11.3 Å². The summed E-state index contributed by atoms with van der Waals surface area (Å²) in [5.74, 6) is 0.314. The maximum absolute atomic E-state index is 12.5. The van der Waals surface area contributed by atoms with Crippen molar-refractivity contribution in [2.45, 2.75) is 51.5 Å². The van der Waals surface area contributed by atoms with Crippen LogP contribution in [-0.4, -0.2) is 34.3 Å². The standard InChI is InChI=1S/C14H22N2OS/c1-14(2,16-7-5-3-4-6-8-16)13(17)9-12-10-15-11-18-12/h10-11H,3-9H2,1-2H3. The third kappa shape index (κ3) is 3.18. The SMILES string of the molecule is CC(C)(C(=O)Cc1cncs1)N1CCCCCC1. The fourth-order valence-electron chi connectivity index (χ4n) is 2.51. The number of carbonyl (C=O) groups is 1. The van der Waals surface area contributed by atoms with E-state index in [4.69, 9.17) is 0 Å². The first-order valence-corrected chi connectivity index (χ1v) is 7.64. The molecule has 0 bridgehead atoms. The van der Waals surface area contributed by atoms with E-state index < -0.39 is 0 Å². The van der Waals surface area contributed by atoms with Crippen LogP contribution in [0.15, 0.2) is 11.7 Å². The Morgan fingerprint density at radius 3 is 2.56 bits per heavy atom. The summed E-state index contributed by atoms with van der Waals surface area (Å²) in [6.07, 6.45) is 7.37. The van der Waals surface area contributed by atoms with Crippen molar-refractivity contribution in [2.24, 2.45) is 0 Å². The van der Waals surface area contributed by atoms with Gasteiger partial charge in [0, 0.05) is 17.5 Å². The van der Waals surface area contributed by atoms with Crippen LogP contribution in [0.5, 0.6) is 0 Å². The number of ketones is 1. The summed E-state index contributed by atoms with van der Waals surface area (Å²) in [6, 6.07) is 0. The number of carbonyl (C=O) groups excluding carboxylic acids is 1. The summed E-state index contributed by atoms with van der Waals surface area (Å²) < 4.78 is 0. The van der Waals surface area contributed by atoms with E-state index in [0.717, 1.165) is 18.0 Å². The highest BCUT2D eigenvalue weighted by molar-refractivity contribution is 7.09. The topological polar surface area (TPSA) is 33.2 Å². The van der Waals surface area contributed by atoms with Gasteiger partial charge in [0.15, 0.2) is 5.78 Å². The molecule has 1 aromatic heterocycles. The summed E-state index contributed by atoms with van der Waals surface area (Å²) in [5.41, 5.74) is 1.45. The average Bonchev–Trinajstić information content (AvgIpc) is 2.68. The fraction of sp³-hybridized carbons (Fsp3) is 0.714. The van der Waals surface area contributed by atoms with E-state index in [1.54, 1.807) is 23.0 Å². The molecule has 4 heteroatoms. The Hall–Kier alpha value is -0.740. The molecule has 1 aliphatic rings. The molecule has 0 atom stereocenters. The monoisotopic (exact) mass is 266 g/mol. The normalized spacial score (nSPS) is 18.6. The van der Waals surface area contributed by atoms with Gasteiger partial charge in [0.25, 0.3) is 0 Å². The van der Waals surface area contributed by atoms with Gasteiger partial charge in [-0.25, -0.2) is 0 Å². The summed E-state index contributed by atoms with van der Waals surface area (Å²) >= 11 is 1.57. The Bertz CT molecular complexity index is 379. The molecule has 2 heterocycles. The third-order valence-electron chi connectivity index (χ3n) is 3.90. The van der Waals surface area contributed by atoms with Gasteiger partial charge in [-0.05, 0) is 39.8 Å². The van der Waals surface area contributed by atoms with Gasteiger partial charge in [-0.1, -0.05) is 12.8 Å². The molecule has 1 fully saturated rings. The van der Waals surface area contributed by atoms with E-state index in [1.807, 2.05) is 0 Å². The molecule has 0 aromatic carbocycles. The number of thiazole rings is 1. The lowest BCUT2D eigenvalue weighted by molar-refractivity contribution is -0.128. The summed E-state index contributed by atoms with van der Waals surface area (Å²) in [6.45, 7) is 6.26. The lowest BCUT2D eigenvalue weighted by Crippen LogP contribution is -2.51. The second kappa shape index (κ2) is 5.93. The van der Waals surface area contributed by atoms with E-state index >= 15 is 0 Å². The highest BCUT2D eigenvalue weighted by Gasteiger charge is 2.34. The molecule has 18 heavy (non-hydrogen) atoms. The van der Waals surface area contributed by atoms with Gasteiger partial charge in [-0.2, -0.15) is 0 Å². The number of rotatable bonds is 4. The van der Waals surface area contributed by atoms with Crippen LogP contribution >= 0.6 is 11.3 Å². The summed E-state index contributed by atoms with van der Waals surface area (Å²) in [5, 5.41) is 0. The molecular weight excluding hydrogens is 244 g/mol. The van der Waals surface area contributed by atoms with E-state index in [9.17, 15) is 4.79 Å².